The van der Waals surface area contributed by atoms with Crippen LogP contribution in [-0.4, -0.2) is 51.0 Å². The number of carbonyl (C=O) groups is 1. The summed E-state index contributed by atoms with van der Waals surface area (Å²) in [5.74, 6) is -0.351. The second-order valence-electron chi connectivity index (χ2n) is 11.0. The normalized spacial score (nSPS) is 14.7. The molecule has 1 atom stereocenters. The van der Waals surface area contributed by atoms with Crippen LogP contribution in [0.5, 0.6) is 0 Å². The van der Waals surface area contributed by atoms with Crippen molar-refractivity contribution in [1.82, 2.24) is 10.3 Å². The average Bonchev–Trinajstić information content (AvgIpc) is 3.82. The molecular formula is C34H26F2N4O5S2. The number of hydrogen-bond acceptors (Lipinski definition) is 8. The van der Waals surface area contributed by atoms with Crippen molar-refractivity contribution < 1.29 is 30.8 Å². The Morgan fingerprint density at radius 2 is 1.74 bits per heavy atom. The van der Waals surface area contributed by atoms with Crippen LogP contribution in [0.3, 0.4) is 0 Å². The second kappa shape index (κ2) is 11.7. The zero-order valence-electron chi connectivity index (χ0n) is 25.2. The summed E-state index contributed by atoms with van der Waals surface area (Å²) >= 11 is 1.56. The molecule has 1 N–H and O–H groups in total. The maximum atomic E-state index is 14.7. The molecular weight excluding hydrogens is 647 g/mol. The van der Waals surface area contributed by atoms with Gasteiger partial charge in [-0.3, -0.25) is 14.1 Å². The molecule has 13 heteroatoms. The summed E-state index contributed by atoms with van der Waals surface area (Å²) in [6.07, 6.45) is 1.08. The van der Waals surface area contributed by atoms with Crippen LogP contribution in [0, 0.1) is 11.6 Å². The van der Waals surface area contributed by atoms with Gasteiger partial charge in [0.1, 0.15) is 22.7 Å². The number of furan rings is 1. The molecule has 6 aromatic rings. The molecule has 1 amide bonds. The number of hydrogen-bond donors (Lipinski definition) is 1. The maximum absolute atomic E-state index is 14.7. The van der Waals surface area contributed by atoms with Gasteiger partial charge in [-0.05, 0) is 59.7 Å². The van der Waals surface area contributed by atoms with Crippen molar-refractivity contribution in [2.75, 3.05) is 30.4 Å². The van der Waals surface area contributed by atoms with Crippen LogP contribution in [0.4, 0.5) is 14.5 Å². The number of nitrogens with zero attached hydrogens (tertiary/aromatic N) is 3. The van der Waals surface area contributed by atoms with Crippen molar-refractivity contribution in [2.45, 2.75) is 6.04 Å². The number of aromatic nitrogens is 1. The standard InChI is InChI=1S/C34H26F2N4O5S2/c1-37-33(41)30-24-14-22(27(40(2)47(3,42)43)15-29(24)44-32(30)18-7-10-20(35)11-8-18)19-9-12-21(26-16-46-17-38-26)23(13-19)34-39-31-25(36)5-4-6-28(31)45-34/h4-15,17,26H,16H2,1-3H3,(H,37,41). The molecule has 2 aromatic heterocycles. The van der Waals surface area contributed by atoms with E-state index in [2.05, 4.69) is 15.3 Å². The Balaban J connectivity index is 1.51. The van der Waals surface area contributed by atoms with Crippen LogP contribution in [0.1, 0.15) is 22.0 Å². The molecule has 7 rings (SSSR count). The Morgan fingerprint density at radius 3 is 2.43 bits per heavy atom. The summed E-state index contributed by atoms with van der Waals surface area (Å²) in [5, 5.41) is 3.06. The SMILES string of the molecule is CNC(=O)c1c(-c2ccc(F)cc2)oc2cc(N(C)S(C)(=O)=O)c(-c3ccc(C4CSC=N4)c(-c4nc5c(F)cccc5o4)c3)cc12. The third-order valence-electron chi connectivity index (χ3n) is 8.10. The van der Waals surface area contributed by atoms with E-state index in [1.807, 2.05) is 12.1 Å². The van der Waals surface area contributed by atoms with Gasteiger partial charge in [0.15, 0.2) is 11.4 Å². The first-order chi connectivity index (χ1) is 22.5. The van der Waals surface area contributed by atoms with Gasteiger partial charge < -0.3 is 14.2 Å². The van der Waals surface area contributed by atoms with Gasteiger partial charge in [-0.1, -0.05) is 18.2 Å². The fraction of sp³-hybridized carbons (Fsp3) is 0.147. The molecule has 0 radical (unpaired) electrons. The van der Waals surface area contributed by atoms with E-state index in [0.717, 1.165) is 16.1 Å². The number of anilines is 1. The van der Waals surface area contributed by atoms with Gasteiger partial charge in [0, 0.05) is 48.0 Å². The first-order valence-electron chi connectivity index (χ1n) is 14.4. The van der Waals surface area contributed by atoms with E-state index in [4.69, 9.17) is 8.83 Å². The van der Waals surface area contributed by atoms with E-state index >= 15 is 0 Å². The highest BCUT2D eigenvalue weighted by molar-refractivity contribution is 8.12. The number of halogens is 2. The molecule has 9 nitrogen and oxygen atoms in total. The lowest BCUT2D eigenvalue weighted by molar-refractivity contribution is 0.0964. The number of aliphatic imine (C=N–C) groups is 1. The lowest BCUT2D eigenvalue weighted by Gasteiger charge is -2.21. The Morgan fingerprint density at radius 1 is 0.979 bits per heavy atom. The summed E-state index contributed by atoms with van der Waals surface area (Å²) in [7, 11) is -0.856. The number of oxazole rings is 1. The van der Waals surface area contributed by atoms with Crippen LogP contribution >= 0.6 is 11.8 Å². The lowest BCUT2D eigenvalue weighted by atomic mass is 9.93. The monoisotopic (exact) mass is 672 g/mol. The summed E-state index contributed by atoms with van der Waals surface area (Å²) in [6, 6.07) is 18.6. The third-order valence-corrected chi connectivity index (χ3v) is 10.1. The number of carbonyl (C=O) groups excluding carboxylic acids is 1. The minimum atomic E-state index is -3.77. The summed E-state index contributed by atoms with van der Waals surface area (Å²) in [4.78, 5) is 22.4. The maximum Gasteiger partial charge on any atom is 0.255 e. The highest BCUT2D eigenvalue weighted by Crippen LogP contribution is 2.44. The summed E-state index contributed by atoms with van der Waals surface area (Å²) < 4.78 is 67.6. The highest BCUT2D eigenvalue weighted by Gasteiger charge is 2.28. The molecule has 0 spiro atoms. The van der Waals surface area contributed by atoms with Crippen LogP contribution in [0.15, 0.2) is 86.6 Å². The molecule has 47 heavy (non-hydrogen) atoms. The predicted molar refractivity (Wildman–Crippen MR) is 180 cm³/mol. The average molecular weight is 673 g/mol. The first kappa shape index (κ1) is 30.6. The molecule has 1 aliphatic heterocycles. The van der Waals surface area contributed by atoms with Crippen LogP contribution in [-0.2, 0) is 10.0 Å². The zero-order chi connectivity index (χ0) is 33.0. The van der Waals surface area contributed by atoms with E-state index < -0.39 is 27.6 Å². The zero-order valence-corrected chi connectivity index (χ0v) is 26.9. The Labute approximate surface area is 272 Å². The van der Waals surface area contributed by atoms with Crippen molar-refractivity contribution in [3.8, 4) is 33.9 Å². The number of thioether (sulfide) groups is 1. The molecule has 0 aliphatic carbocycles. The molecule has 3 heterocycles. The number of para-hydroxylation sites is 1. The number of fused-ring (bicyclic) bond motifs is 2. The minimum Gasteiger partial charge on any atom is -0.455 e. The van der Waals surface area contributed by atoms with E-state index in [0.29, 0.717) is 33.4 Å². The fourth-order valence-electron chi connectivity index (χ4n) is 5.65. The van der Waals surface area contributed by atoms with Gasteiger partial charge in [-0.2, -0.15) is 0 Å². The van der Waals surface area contributed by atoms with Crippen LogP contribution < -0.4 is 9.62 Å². The van der Waals surface area contributed by atoms with Crippen LogP contribution in [0.25, 0.3) is 56.0 Å². The minimum absolute atomic E-state index is 0.0870. The summed E-state index contributed by atoms with van der Waals surface area (Å²) in [6.45, 7) is 0. The molecule has 1 unspecified atom stereocenters. The molecule has 1 aliphatic rings. The molecule has 0 fully saturated rings. The first-order valence-corrected chi connectivity index (χ1v) is 17.3. The van der Waals surface area contributed by atoms with E-state index in [1.54, 1.807) is 47.6 Å². The second-order valence-corrected chi connectivity index (χ2v) is 13.9. The van der Waals surface area contributed by atoms with Gasteiger partial charge in [-0.25, -0.2) is 22.2 Å². The van der Waals surface area contributed by atoms with Gasteiger partial charge in [0.25, 0.3) is 5.91 Å². The molecule has 4 aromatic carbocycles. The number of benzene rings is 4. The third kappa shape index (κ3) is 5.44. The Hall–Kier alpha value is -5.01. The smallest absolute Gasteiger partial charge is 0.255 e. The predicted octanol–water partition coefficient (Wildman–Crippen LogP) is 7.42. The molecule has 0 saturated carbocycles. The highest BCUT2D eigenvalue weighted by atomic mass is 32.2. The quantitative estimate of drug-likeness (QED) is 0.188. The van der Waals surface area contributed by atoms with Gasteiger partial charge in [0.05, 0.1) is 29.1 Å². The number of nitrogens with one attached hydrogen (secondary N) is 1. The number of rotatable bonds is 7. The largest absolute Gasteiger partial charge is 0.455 e. The van der Waals surface area contributed by atoms with Crippen molar-refractivity contribution in [2.24, 2.45) is 4.99 Å². The summed E-state index contributed by atoms with van der Waals surface area (Å²) in [5.41, 5.74) is 5.72. The lowest BCUT2D eigenvalue weighted by Crippen LogP contribution is -2.25. The molecule has 0 bridgehead atoms. The number of amides is 1. The van der Waals surface area contributed by atoms with E-state index in [-0.39, 0.29) is 45.6 Å². The van der Waals surface area contributed by atoms with E-state index in [9.17, 15) is 22.0 Å². The molecule has 0 saturated heterocycles. The van der Waals surface area contributed by atoms with Crippen molar-refractivity contribution >= 4 is 61.0 Å². The van der Waals surface area contributed by atoms with E-state index in [1.165, 1.54) is 44.4 Å². The van der Waals surface area contributed by atoms with Crippen LogP contribution in [0.2, 0.25) is 0 Å². The van der Waals surface area contributed by atoms with Gasteiger partial charge in [0.2, 0.25) is 15.9 Å². The van der Waals surface area contributed by atoms with Crippen molar-refractivity contribution in [3.63, 3.8) is 0 Å². The van der Waals surface area contributed by atoms with Crippen molar-refractivity contribution in [1.29, 1.82) is 0 Å². The Kier molecular flexibility index (Phi) is 7.60. The van der Waals surface area contributed by atoms with Gasteiger partial charge >= 0.3 is 0 Å². The fourth-order valence-corrected chi connectivity index (χ4v) is 6.93. The topological polar surface area (TPSA) is 118 Å². The Bertz CT molecular complexity index is 2350. The van der Waals surface area contributed by atoms with Crippen molar-refractivity contribution in [3.05, 3.63) is 95.6 Å². The van der Waals surface area contributed by atoms with Gasteiger partial charge in [-0.15, -0.1) is 11.8 Å². The molecule has 238 valence electrons. The number of sulfonamides is 1.